The van der Waals surface area contributed by atoms with Crippen LogP contribution in [0, 0.1) is 11.8 Å². The highest BCUT2D eigenvalue weighted by atomic mass is 16.1. The molecule has 0 bridgehead atoms. The van der Waals surface area contributed by atoms with Gasteiger partial charge in [-0.15, -0.1) is 0 Å². The van der Waals surface area contributed by atoms with Gasteiger partial charge < -0.3 is 16.4 Å². The van der Waals surface area contributed by atoms with Gasteiger partial charge in [0, 0.05) is 31.6 Å². The van der Waals surface area contributed by atoms with Gasteiger partial charge in [0.15, 0.2) is 0 Å². The summed E-state index contributed by atoms with van der Waals surface area (Å²) in [6.45, 7) is 2.55. The second-order valence-corrected chi connectivity index (χ2v) is 6.83. The molecule has 0 spiro atoms. The SMILES string of the molecule is NC(=O)c1cnn2c1NCC(CNC(c1ccccc1)C1CC1)C2. The van der Waals surface area contributed by atoms with E-state index in [1.807, 2.05) is 4.68 Å². The van der Waals surface area contributed by atoms with Crippen LogP contribution in [0.2, 0.25) is 0 Å². The highest BCUT2D eigenvalue weighted by Crippen LogP contribution is 2.41. The van der Waals surface area contributed by atoms with Gasteiger partial charge in [-0.2, -0.15) is 5.10 Å². The lowest BCUT2D eigenvalue weighted by Gasteiger charge is -2.28. The summed E-state index contributed by atoms with van der Waals surface area (Å²) >= 11 is 0. The minimum absolute atomic E-state index is 0.432. The fourth-order valence-electron chi connectivity index (χ4n) is 3.52. The van der Waals surface area contributed by atoms with Gasteiger partial charge in [0.25, 0.3) is 5.91 Å². The number of carbonyl (C=O) groups is 1. The van der Waals surface area contributed by atoms with Gasteiger partial charge in [-0.25, -0.2) is 4.68 Å². The molecule has 1 saturated carbocycles. The number of nitrogens with two attached hydrogens (primary N) is 1. The topological polar surface area (TPSA) is 85.0 Å². The number of aromatic nitrogens is 2. The van der Waals surface area contributed by atoms with Crippen molar-refractivity contribution < 1.29 is 4.79 Å². The summed E-state index contributed by atoms with van der Waals surface area (Å²) in [5.74, 6) is 1.51. The highest BCUT2D eigenvalue weighted by molar-refractivity contribution is 5.97. The average molecular weight is 325 g/mol. The fraction of sp³-hybridized carbons (Fsp3) is 0.444. The number of fused-ring (bicyclic) bond motifs is 1. The monoisotopic (exact) mass is 325 g/mol. The Labute approximate surface area is 141 Å². The molecule has 2 aromatic rings. The van der Waals surface area contributed by atoms with Gasteiger partial charge in [0.2, 0.25) is 0 Å². The smallest absolute Gasteiger partial charge is 0.254 e. The Morgan fingerprint density at radius 1 is 1.38 bits per heavy atom. The molecule has 2 atom stereocenters. The van der Waals surface area contributed by atoms with Crippen molar-refractivity contribution in [1.29, 1.82) is 0 Å². The first kappa shape index (κ1) is 15.2. The van der Waals surface area contributed by atoms with Crippen LogP contribution in [0.25, 0.3) is 0 Å². The van der Waals surface area contributed by atoms with Gasteiger partial charge >= 0.3 is 0 Å². The molecule has 1 aromatic heterocycles. The molecule has 2 unspecified atom stereocenters. The standard InChI is InChI=1S/C18H23N5O/c19-17(24)15-10-22-23-11-12(9-21-18(15)23)8-20-16(14-6-7-14)13-4-2-1-3-5-13/h1-5,10,12,14,16,20-21H,6-9,11H2,(H2,19,24). The van der Waals surface area contributed by atoms with E-state index in [4.69, 9.17) is 5.73 Å². The second-order valence-electron chi connectivity index (χ2n) is 6.83. The number of hydrogen-bond acceptors (Lipinski definition) is 4. The number of nitrogens with zero attached hydrogens (tertiary/aromatic N) is 2. The van der Waals surface area contributed by atoms with Crippen LogP contribution in [0.5, 0.6) is 0 Å². The largest absolute Gasteiger partial charge is 0.369 e. The lowest BCUT2D eigenvalue weighted by molar-refractivity contribution is 0.100. The summed E-state index contributed by atoms with van der Waals surface area (Å²) in [5.41, 5.74) is 7.22. The third kappa shape index (κ3) is 3.01. The maximum absolute atomic E-state index is 11.4. The van der Waals surface area contributed by atoms with Crippen molar-refractivity contribution in [2.75, 3.05) is 18.4 Å². The van der Waals surface area contributed by atoms with E-state index in [1.165, 1.54) is 18.4 Å². The van der Waals surface area contributed by atoms with Gasteiger partial charge in [-0.3, -0.25) is 4.79 Å². The van der Waals surface area contributed by atoms with Gasteiger partial charge in [-0.05, 0) is 24.3 Å². The van der Waals surface area contributed by atoms with Crippen molar-refractivity contribution in [2.45, 2.75) is 25.4 Å². The molecule has 0 radical (unpaired) electrons. The summed E-state index contributed by atoms with van der Waals surface area (Å²) in [6.07, 6.45) is 4.17. The van der Waals surface area contributed by atoms with Crippen molar-refractivity contribution in [3.63, 3.8) is 0 Å². The summed E-state index contributed by atoms with van der Waals surface area (Å²) < 4.78 is 1.85. The van der Waals surface area contributed by atoms with E-state index in [1.54, 1.807) is 6.20 Å². The van der Waals surface area contributed by atoms with E-state index in [0.29, 0.717) is 17.5 Å². The van der Waals surface area contributed by atoms with E-state index in [-0.39, 0.29) is 0 Å². The Bertz CT molecular complexity index is 722. The van der Waals surface area contributed by atoms with Crippen molar-refractivity contribution >= 4 is 11.7 Å². The zero-order valence-corrected chi connectivity index (χ0v) is 13.6. The Kier molecular flexibility index (Phi) is 3.98. The minimum atomic E-state index is -0.432. The van der Waals surface area contributed by atoms with Gasteiger partial charge in [-0.1, -0.05) is 30.3 Å². The van der Waals surface area contributed by atoms with Crippen LogP contribution < -0.4 is 16.4 Å². The van der Waals surface area contributed by atoms with Crippen LogP contribution in [0.4, 0.5) is 5.82 Å². The first-order valence-electron chi connectivity index (χ1n) is 8.60. The summed E-state index contributed by atoms with van der Waals surface area (Å²) in [5, 5.41) is 11.4. The number of rotatable bonds is 6. The van der Waals surface area contributed by atoms with Crippen molar-refractivity contribution in [1.82, 2.24) is 15.1 Å². The number of amides is 1. The van der Waals surface area contributed by atoms with E-state index >= 15 is 0 Å². The Hall–Kier alpha value is -2.34. The van der Waals surface area contributed by atoms with Crippen molar-refractivity contribution in [3.8, 4) is 0 Å². The van der Waals surface area contributed by atoms with Crippen molar-refractivity contribution in [3.05, 3.63) is 47.7 Å². The lowest BCUT2D eigenvalue weighted by Crippen LogP contribution is -2.37. The third-order valence-electron chi connectivity index (χ3n) is 4.97. The summed E-state index contributed by atoms with van der Waals surface area (Å²) in [6, 6.07) is 11.1. The first-order valence-corrected chi connectivity index (χ1v) is 8.60. The molecule has 1 aliphatic heterocycles. The summed E-state index contributed by atoms with van der Waals surface area (Å²) in [4.78, 5) is 11.4. The molecule has 2 aliphatic rings. The predicted molar refractivity (Wildman–Crippen MR) is 92.6 cm³/mol. The zero-order chi connectivity index (χ0) is 16.5. The number of benzene rings is 1. The van der Waals surface area contributed by atoms with Crippen LogP contribution >= 0.6 is 0 Å². The number of carbonyl (C=O) groups excluding carboxylic acids is 1. The number of primary amides is 1. The second kappa shape index (κ2) is 6.28. The van der Waals surface area contributed by atoms with Crippen LogP contribution in [0.3, 0.4) is 0 Å². The molecule has 126 valence electrons. The molecule has 4 rings (SSSR count). The molecule has 4 N–H and O–H groups in total. The third-order valence-corrected chi connectivity index (χ3v) is 4.97. The number of hydrogen-bond donors (Lipinski definition) is 3. The van der Waals surface area contributed by atoms with Gasteiger partial charge in [0.1, 0.15) is 11.4 Å². The molecule has 1 aliphatic carbocycles. The average Bonchev–Trinajstić information content (AvgIpc) is 3.34. The van der Waals surface area contributed by atoms with Crippen LogP contribution in [-0.2, 0) is 6.54 Å². The molecular formula is C18H23N5O. The van der Waals surface area contributed by atoms with E-state index in [2.05, 4.69) is 46.1 Å². The molecule has 0 saturated heterocycles. The van der Waals surface area contributed by atoms with E-state index in [9.17, 15) is 4.79 Å². The fourth-order valence-corrected chi connectivity index (χ4v) is 3.52. The maximum atomic E-state index is 11.4. The normalized spacial score (nSPS) is 20.9. The predicted octanol–water partition coefficient (Wildman–Crippen LogP) is 1.76. The molecule has 2 heterocycles. The van der Waals surface area contributed by atoms with E-state index < -0.39 is 5.91 Å². The van der Waals surface area contributed by atoms with Crippen LogP contribution in [0.15, 0.2) is 36.5 Å². The van der Waals surface area contributed by atoms with Crippen LogP contribution in [0.1, 0.15) is 34.8 Å². The maximum Gasteiger partial charge on any atom is 0.254 e. The minimum Gasteiger partial charge on any atom is -0.369 e. The number of anilines is 1. The molecular weight excluding hydrogens is 302 g/mol. The molecule has 6 nitrogen and oxygen atoms in total. The summed E-state index contributed by atoms with van der Waals surface area (Å²) in [7, 11) is 0. The Morgan fingerprint density at radius 2 is 2.17 bits per heavy atom. The Balaban J connectivity index is 1.40. The van der Waals surface area contributed by atoms with Crippen molar-refractivity contribution in [2.24, 2.45) is 17.6 Å². The molecule has 1 fully saturated rings. The van der Waals surface area contributed by atoms with Crippen LogP contribution in [-0.4, -0.2) is 28.8 Å². The highest BCUT2D eigenvalue weighted by Gasteiger charge is 2.33. The lowest BCUT2D eigenvalue weighted by atomic mass is 10.0. The molecule has 1 aromatic carbocycles. The molecule has 6 heteroatoms. The zero-order valence-electron chi connectivity index (χ0n) is 13.6. The van der Waals surface area contributed by atoms with E-state index in [0.717, 1.165) is 31.4 Å². The first-order chi connectivity index (χ1) is 11.7. The number of nitrogens with one attached hydrogen (secondary N) is 2. The Morgan fingerprint density at radius 3 is 2.88 bits per heavy atom. The van der Waals surface area contributed by atoms with Gasteiger partial charge in [0.05, 0.1) is 6.20 Å². The molecule has 1 amide bonds. The quantitative estimate of drug-likeness (QED) is 0.755. The molecule has 24 heavy (non-hydrogen) atoms.